The van der Waals surface area contributed by atoms with Crippen LogP contribution in [0, 0.1) is 0 Å². The van der Waals surface area contributed by atoms with Crippen LogP contribution < -0.4 is 22.3 Å². The van der Waals surface area contributed by atoms with E-state index in [0.29, 0.717) is 6.54 Å². The fourth-order valence-corrected chi connectivity index (χ4v) is 1.84. The number of aromatic amines is 1. The van der Waals surface area contributed by atoms with Crippen LogP contribution in [0.3, 0.4) is 0 Å². The van der Waals surface area contributed by atoms with Crippen LogP contribution in [0.2, 0.25) is 0 Å². The summed E-state index contributed by atoms with van der Waals surface area (Å²) < 4.78 is 23.3. The Morgan fingerprint density at radius 1 is 1.35 bits per heavy atom. The molecule has 0 bridgehead atoms. The number of hydrogen-bond donors (Lipinski definition) is 3. The smallest absolute Gasteiger partial charge is 0.330 e. The topological polar surface area (TPSA) is 127 Å². The second-order valence-corrected chi connectivity index (χ2v) is 7.80. The summed E-state index contributed by atoms with van der Waals surface area (Å²) in [6, 6.07) is 0. The fraction of sp³-hybridized carbons (Fsp3) is 0.636. The Morgan fingerprint density at radius 2 is 1.90 bits per heavy atom. The van der Waals surface area contributed by atoms with E-state index in [1.165, 1.54) is 18.4 Å². The van der Waals surface area contributed by atoms with Crippen molar-refractivity contribution in [3.63, 3.8) is 0 Å². The molecule has 0 saturated carbocycles. The first-order valence-corrected chi connectivity index (χ1v) is 7.96. The minimum Gasteiger partial charge on any atom is -0.383 e. The molecule has 0 spiro atoms. The van der Waals surface area contributed by atoms with Crippen molar-refractivity contribution in [1.29, 1.82) is 0 Å². The Hall–Kier alpha value is -1.77. The van der Waals surface area contributed by atoms with Gasteiger partial charge in [-0.15, -0.1) is 0 Å². The van der Waals surface area contributed by atoms with Gasteiger partial charge in [-0.3, -0.25) is 14.3 Å². The van der Waals surface area contributed by atoms with Gasteiger partial charge >= 0.3 is 5.69 Å². The number of anilines is 2. The van der Waals surface area contributed by atoms with E-state index in [0.717, 1.165) is 6.26 Å². The quantitative estimate of drug-likeness (QED) is 0.665. The van der Waals surface area contributed by atoms with Crippen molar-refractivity contribution < 1.29 is 8.42 Å². The van der Waals surface area contributed by atoms with Gasteiger partial charge in [0.25, 0.3) is 5.56 Å². The predicted molar refractivity (Wildman–Crippen MR) is 78.8 cm³/mol. The SMILES string of the molecule is CCn1c(N)c(NCC(C)(C)S(C)(=O)=O)c(=O)[nH]c1=O. The van der Waals surface area contributed by atoms with Gasteiger partial charge in [0.15, 0.2) is 9.84 Å². The first-order valence-electron chi connectivity index (χ1n) is 6.07. The van der Waals surface area contributed by atoms with Crippen LogP contribution in [-0.2, 0) is 16.4 Å². The fourth-order valence-electron chi connectivity index (χ4n) is 1.50. The first kappa shape index (κ1) is 16.3. The number of rotatable bonds is 5. The van der Waals surface area contributed by atoms with Crippen LogP contribution in [0.15, 0.2) is 9.59 Å². The maximum Gasteiger partial charge on any atom is 0.330 e. The summed E-state index contributed by atoms with van der Waals surface area (Å²) in [5.41, 5.74) is 4.51. The second kappa shape index (κ2) is 5.31. The third-order valence-electron chi connectivity index (χ3n) is 3.25. The zero-order chi connectivity index (χ0) is 15.7. The molecule has 114 valence electrons. The van der Waals surface area contributed by atoms with Crippen molar-refractivity contribution in [3.8, 4) is 0 Å². The first-order chi connectivity index (χ1) is 9.01. The average molecular weight is 304 g/mol. The highest BCUT2D eigenvalue weighted by Crippen LogP contribution is 2.17. The molecule has 0 aliphatic heterocycles. The van der Waals surface area contributed by atoms with Crippen molar-refractivity contribution in [1.82, 2.24) is 9.55 Å². The molecule has 0 amide bonds. The van der Waals surface area contributed by atoms with E-state index in [4.69, 9.17) is 5.73 Å². The number of sulfone groups is 1. The molecule has 0 fully saturated rings. The van der Waals surface area contributed by atoms with E-state index >= 15 is 0 Å². The molecule has 4 N–H and O–H groups in total. The summed E-state index contributed by atoms with van der Waals surface area (Å²) in [5.74, 6) is -0.00875. The van der Waals surface area contributed by atoms with Crippen LogP contribution in [0.5, 0.6) is 0 Å². The van der Waals surface area contributed by atoms with E-state index in [1.54, 1.807) is 6.92 Å². The average Bonchev–Trinajstić information content (AvgIpc) is 2.26. The summed E-state index contributed by atoms with van der Waals surface area (Å²) in [4.78, 5) is 25.4. The second-order valence-electron chi connectivity index (χ2n) is 5.15. The maximum atomic E-state index is 11.7. The highest BCUT2D eigenvalue weighted by atomic mass is 32.2. The molecule has 0 radical (unpaired) electrons. The molecule has 20 heavy (non-hydrogen) atoms. The summed E-state index contributed by atoms with van der Waals surface area (Å²) in [6.07, 6.45) is 1.12. The van der Waals surface area contributed by atoms with E-state index < -0.39 is 25.8 Å². The van der Waals surface area contributed by atoms with Crippen molar-refractivity contribution in [2.75, 3.05) is 23.9 Å². The minimum atomic E-state index is -3.31. The maximum absolute atomic E-state index is 11.7. The molecule has 8 nitrogen and oxygen atoms in total. The lowest BCUT2D eigenvalue weighted by Gasteiger charge is -2.23. The molecule has 1 heterocycles. The molecule has 0 saturated heterocycles. The molecule has 9 heteroatoms. The Morgan fingerprint density at radius 3 is 2.35 bits per heavy atom. The van der Waals surface area contributed by atoms with E-state index in [9.17, 15) is 18.0 Å². The number of nitrogens with two attached hydrogens (primary N) is 1. The van der Waals surface area contributed by atoms with Crippen LogP contribution in [0.1, 0.15) is 20.8 Å². The molecule has 0 unspecified atom stereocenters. The van der Waals surface area contributed by atoms with Crippen molar-refractivity contribution >= 4 is 21.3 Å². The van der Waals surface area contributed by atoms with Gasteiger partial charge in [-0.2, -0.15) is 0 Å². The van der Waals surface area contributed by atoms with E-state index in [1.807, 2.05) is 0 Å². The number of hydrogen-bond acceptors (Lipinski definition) is 6. The number of H-pyrrole nitrogens is 1. The molecule has 1 aromatic heterocycles. The van der Waals surface area contributed by atoms with Crippen molar-refractivity contribution in [2.24, 2.45) is 0 Å². The van der Waals surface area contributed by atoms with Gasteiger partial charge in [0, 0.05) is 19.3 Å². The molecule has 0 aliphatic carbocycles. The van der Waals surface area contributed by atoms with E-state index in [2.05, 4.69) is 10.3 Å². The summed E-state index contributed by atoms with van der Waals surface area (Å²) >= 11 is 0. The monoisotopic (exact) mass is 304 g/mol. The number of nitrogens with zero attached hydrogens (tertiary/aromatic N) is 1. The van der Waals surface area contributed by atoms with Gasteiger partial charge in [-0.05, 0) is 20.8 Å². The van der Waals surface area contributed by atoms with Crippen molar-refractivity contribution in [3.05, 3.63) is 20.8 Å². The van der Waals surface area contributed by atoms with Gasteiger partial charge < -0.3 is 11.1 Å². The number of nitrogens with one attached hydrogen (secondary N) is 2. The Bertz CT molecular complexity index is 715. The zero-order valence-corrected chi connectivity index (χ0v) is 12.8. The standard InChI is InChI=1S/C11H20N4O4S/c1-5-15-8(12)7(9(16)14-10(15)17)13-6-11(2,3)20(4,18)19/h13H,5-6,12H2,1-4H3,(H,14,16,17). The van der Waals surface area contributed by atoms with Crippen LogP contribution in [-0.4, -0.2) is 35.5 Å². The van der Waals surface area contributed by atoms with Crippen LogP contribution in [0.25, 0.3) is 0 Å². The molecule has 1 rings (SSSR count). The van der Waals surface area contributed by atoms with E-state index in [-0.39, 0.29) is 18.1 Å². The van der Waals surface area contributed by atoms with Crippen LogP contribution >= 0.6 is 0 Å². The predicted octanol–water partition coefficient (Wildman–Crippen LogP) is -0.626. The molecule has 1 aromatic rings. The van der Waals surface area contributed by atoms with Gasteiger partial charge in [0.1, 0.15) is 11.5 Å². The largest absolute Gasteiger partial charge is 0.383 e. The molecule has 0 atom stereocenters. The van der Waals surface area contributed by atoms with Crippen LogP contribution in [0.4, 0.5) is 11.5 Å². The summed E-state index contributed by atoms with van der Waals surface area (Å²) in [5, 5.41) is 2.72. The molecular weight excluding hydrogens is 284 g/mol. The normalized spacial score (nSPS) is 12.4. The molecular formula is C11H20N4O4S. The van der Waals surface area contributed by atoms with Gasteiger partial charge in [-0.25, -0.2) is 13.2 Å². The molecule has 0 aliphatic rings. The third-order valence-corrected chi connectivity index (χ3v) is 5.40. The summed E-state index contributed by atoms with van der Waals surface area (Å²) in [6.45, 7) is 5.08. The lowest BCUT2D eigenvalue weighted by atomic mass is 10.2. The van der Waals surface area contributed by atoms with Gasteiger partial charge in [-0.1, -0.05) is 0 Å². The Labute approximate surface area is 116 Å². The number of nitrogen functional groups attached to an aromatic ring is 1. The Kier molecular flexibility index (Phi) is 4.33. The van der Waals surface area contributed by atoms with Gasteiger partial charge in [0.05, 0.1) is 4.75 Å². The van der Waals surface area contributed by atoms with Gasteiger partial charge in [0.2, 0.25) is 0 Å². The lowest BCUT2D eigenvalue weighted by molar-refractivity contribution is 0.559. The lowest BCUT2D eigenvalue weighted by Crippen LogP contribution is -2.41. The third kappa shape index (κ3) is 3.03. The highest BCUT2D eigenvalue weighted by molar-refractivity contribution is 7.92. The van der Waals surface area contributed by atoms with Crippen molar-refractivity contribution in [2.45, 2.75) is 32.1 Å². The number of aromatic nitrogens is 2. The highest BCUT2D eigenvalue weighted by Gasteiger charge is 2.30. The molecule has 0 aromatic carbocycles. The Balaban J connectivity index is 3.19. The zero-order valence-electron chi connectivity index (χ0n) is 12.0. The summed E-state index contributed by atoms with van der Waals surface area (Å²) in [7, 11) is -3.31. The minimum absolute atomic E-state index is 0.00102.